The first-order chi connectivity index (χ1) is 10.1. The van der Waals surface area contributed by atoms with Crippen LogP contribution in [-0.2, 0) is 4.79 Å². The average Bonchev–Trinajstić information content (AvgIpc) is 3.29. The lowest BCUT2D eigenvalue weighted by Crippen LogP contribution is -2.20. The molecule has 1 saturated carbocycles. The molecule has 0 saturated heterocycles. The van der Waals surface area contributed by atoms with Crippen molar-refractivity contribution in [3.8, 4) is 11.5 Å². The average molecular weight is 311 g/mol. The second-order valence-corrected chi connectivity index (χ2v) is 5.78. The van der Waals surface area contributed by atoms with Crippen LogP contribution in [0.25, 0.3) is 0 Å². The van der Waals surface area contributed by atoms with Gasteiger partial charge in [-0.25, -0.2) is 0 Å². The van der Waals surface area contributed by atoms with Crippen LogP contribution in [0.15, 0.2) is 6.07 Å². The second kappa shape index (κ2) is 5.56. The fraction of sp³-hybridized carbons (Fsp3) is 0.467. The molecule has 21 heavy (non-hydrogen) atoms. The molecule has 0 aromatic heterocycles. The van der Waals surface area contributed by atoms with Crippen LogP contribution < -0.4 is 9.47 Å². The van der Waals surface area contributed by atoms with Crippen LogP contribution in [0.1, 0.15) is 41.1 Å². The molecule has 1 atom stereocenters. The van der Waals surface area contributed by atoms with E-state index in [9.17, 15) is 9.59 Å². The van der Waals surface area contributed by atoms with Crippen molar-refractivity contribution < 1.29 is 24.2 Å². The Kier molecular flexibility index (Phi) is 3.76. The lowest BCUT2D eigenvalue weighted by molar-refractivity contribution is -0.137. The highest BCUT2D eigenvalue weighted by Crippen LogP contribution is 2.52. The molecule has 2 aliphatic rings. The van der Waals surface area contributed by atoms with E-state index in [4.69, 9.17) is 26.2 Å². The number of halogens is 1. The molecule has 1 aromatic carbocycles. The Labute approximate surface area is 126 Å². The molecule has 112 valence electrons. The number of fused-ring (bicyclic) bond motifs is 1. The Balaban J connectivity index is 2.11. The van der Waals surface area contributed by atoms with Crippen LogP contribution >= 0.6 is 11.6 Å². The molecule has 0 spiro atoms. The van der Waals surface area contributed by atoms with Gasteiger partial charge >= 0.3 is 5.97 Å². The molecule has 1 N–H and O–H groups in total. The van der Waals surface area contributed by atoms with Gasteiger partial charge in [0, 0.05) is 16.5 Å². The third-order valence-corrected chi connectivity index (χ3v) is 4.22. The molecular formula is C15H15ClO5. The van der Waals surface area contributed by atoms with Gasteiger partial charge in [-0.1, -0.05) is 11.6 Å². The van der Waals surface area contributed by atoms with Gasteiger partial charge in [0.1, 0.15) is 13.2 Å². The molecule has 6 heteroatoms. The SMILES string of the molecule is O=Cc1cc(Cl)c(C(CC(=O)O)C2CC2)c2c1OCCO2. The van der Waals surface area contributed by atoms with Gasteiger partial charge in [0.05, 0.1) is 12.0 Å². The molecule has 1 unspecified atom stereocenters. The van der Waals surface area contributed by atoms with Gasteiger partial charge in [-0.2, -0.15) is 0 Å². The number of carboxylic acid groups (broad SMARTS) is 1. The number of aliphatic carboxylic acids is 1. The third kappa shape index (κ3) is 2.70. The maximum Gasteiger partial charge on any atom is 0.303 e. The maximum atomic E-state index is 11.1. The summed E-state index contributed by atoms with van der Waals surface area (Å²) in [4.78, 5) is 22.3. The topological polar surface area (TPSA) is 72.8 Å². The normalized spacial score (nSPS) is 18.1. The molecule has 0 bridgehead atoms. The highest BCUT2D eigenvalue weighted by molar-refractivity contribution is 6.32. The minimum absolute atomic E-state index is 0.000618. The molecular weight excluding hydrogens is 296 g/mol. The minimum atomic E-state index is -0.868. The van der Waals surface area contributed by atoms with Crippen LogP contribution in [-0.4, -0.2) is 30.6 Å². The predicted octanol–water partition coefficient (Wildman–Crippen LogP) is 2.89. The van der Waals surface area contributed by atoms with E-state index < -0.39 is 5.97 Å². The van der Waals surface area contributed by atoms with E-state index in [1.165, 1.54) is 6.07 Å². The van der Waals surface area contributed by atoms with Gasteiger partial charge in [-0.3, -0.25) is 9.59 Å². The summed E-state index contributed by atoms with van der Waals surface area (Å²) in [5.41, 5.74) is 1.00. The van der Waals surface area contributed by atoms with E-state index in [-0.39, 0.29) is 12.3 Å². The number of rotatable bonds is 5. The van der Waals surface area contributed by atoms with Crippen molar-refractivity contribution in [2.24, 2.45) is 5.92 Å². The monoisotopic (exact) mass is 310 g/mol. The number of ether oxygens (including phenoxy) is 2. The molecule has 5 nitrogen and oxygen atoms in total. The molecule has 1 fully saturated rings. The molecule has 1 heterocycles. The Hall–Kier alpha value is -1.75. The summed E-state index contributed by atoms with van der Waals surface area (Å²) in [5, 5.41) is 9.52. The quantitative estimate of drug-likeness (QED) is 0.847. The minimum Gasteiger partial charge on any atom is -0.486 e. The largest absolute Gasteiger partial charge is 0.486 e. The van der Waals surface area contributed by atoms with Crippen molar-refractivity contribution in [1.29, 1.82) is 0 Å². The number of hydrogen-bond donors (Lipinski definition) is 1. The van der Waals surface area contributed by atoms with Gasteiger partial charge in [0.25, 0.3) is 0 Å². The number of hydrogen-bond acceptors (Lipinski definition) is 4. The van der Waals surface area contributed by atoms with Gasteiger partial charge in [-0.05, 0) is 24.8 Å². The zero-order valence-electron chi connectivity index (χ0n) is 11.3. The predicted molar refractivity (Wildman–Crippen MR) is 75.5 cm³/mol. The summed E-state index contributed by atoms with van der Waals surface area (Å²) in [7, 11) is 0. The van der Waals surface area contributed by atoms with Crippen LogP contribution in [0.2, 0.25) is 5.02 Å². The standard InChI is InChI=1S/C15H15ClO5/c16-11-5-9(7-17)14-15(21-4-3-20-14)13(11)10(6-12(18)19)8-1-2-8/h5,7-8,10H,1-4,6H2,(H,18,19). The molecule has 3 rings (SSSR count). The Bertz CT molecular complexity index is 594. The summed E-state index contributed by atoms with van der Waals surface area (Å²) in [6.07, 6.45) is 2.64. The van der Waals surface area contributed by atoms with Gasteiger partial charge in [-0.15, -0.1) is 0 Å². The first kappa shape index (κ1) is 14.2. The van der Waals surface area contributed by atoms with Crippen LogP contribution in [0, 0.1) is 5.92 Å². The Morgan fingerprint density at radius 1 is 1.38 bits per heavy atom. The van der Waals surface area contributed by atoms with Crippen molar-refractivity contribution in [3.63, 3.8) is 0 Å². The number of carboxylic acids is 1. The molecule has 1 aliphatic carbocycles. The molecule has 0 radical (unpaired) electrons. The van der Waals surface area contributed by atoms with E-state index in [0.717, 1.165) is 12.8 Å². The Morgan fingerprint density at radius 3 is 2.62 bits per heavy atom. The van der Waals surface area contributed by atoms with E-state index in [0.29, 0.717) is 53.1 Å². The first-order valence-corrected chi connectivity index (χ1v) is 7.28. The second-order valence-electron chi connectivity index (χ2n) is 5.38. The lowest BCUT2D eigenvalue weighted by Gasteiger charge is -2.26. The van der Waals surface area contributed by atoms with E-state index in [2.05, 4.69) is 0 Å². The summed E-state index contributed by atoms with van der Waals surface area (Å²) in [5.74, 6) is 0.0510. The first-order valence-electron chi connectivity index (χ1n) is 6.90. The summed E-state index contributed by atoms with van der Waals surface area (Å²) < 4.78 is 11.2. The maximum absolute atomic E-state index is 11.1. The van der Waals surface area contributed by atoms with Gasteiger partial charge in [0.2, 0.25) is 0 Å². The molecule has 1 aliphatic heterocycles. The number of benzene rings is 1. The van der Waals surface area contributed by atoms with E-state index in [1.807, 2.05) is 0 Å². The summed E-state index contributed by atoms with van der Waals surface area (Å²) in [6, 6.07) is 1.54. The van der Waals surface area contributed by atoms with Crippen molar-refractivity contribution in [2.45, 2.75) is 25.2 Å². The van der Waals surface area contributed by atoms with Crippen LogP contribution in [0.3, 0.4) is 0 Å². The van der Waals surface area contributed by atoms with Crippen molar-refractivity contribution >= 4 is 23.9 Å². The van der Waals surface area contributed by atoms with E-state index in [1.54, 1.807) is 0 Å². The van der Waals surface area contributed by atoms with E-state index >= 15 is 0 Å². The van der Waals surface area contributed by atoms with Gasteiger partial charge in [0.15, 0.2) is 17.8 Å². The third-order valence-electron chi connectivity index (χ3n) is 3.91. The fourth-order valence-corrected chi connectivity index (χ4v) is 3.19. The smallest absolute Gasteiger partial charge is 0.303 e. The Morgan fingerprint density at radius 2 is 2.05 bits per heavy atom. The highest BCUT2D eigenvalue weighted by atomic mass is 35.5. The van der Waals surface area contributed by atoms with Crippen molar-refractivity contribution in [1.82, 2.24) is 0 Å². The molecule has 0 amide bonds. The van der Waals surface area contributed by atoms with Crippen LogP contribution in [0.5, 0.6) is 11.5 Å². The number of carbonyl (C=O) groups is 2. The zero-order valence-corrected chi connectivity index (χ0v) is 12.1. The summed E-state index contributed by atoms with van der Waals surface area (Å²) >= 11 is 6.31. The zero-order chi connectivity index (χ0) is 15.0. The van der Waals surface area contributed by atoms with Crippen molar-refractivity contribution in [2.75, 3.05) is 13.2 Å². The lowest BCUT2D eigenvalue weighted by atomic mass is 9.89. The van der Waals surface area contributed by atoms with Gasteiger partial charge < -0.3 is 14.6 Å². The highest BCUT2D eigenvalue weighted by Gasteiger charge is 2.38. The van der Waals surface area contributed by atoms with Crippen molar-refractivity contribution in [3.05, 3.63) is 22.2 Å². The number of aldehydes is 1. The number of carbonyl (C=O) groups excluding carboxylic acids is 1. The summed E-state index contributed by atoms with van der Waals surface area (Å²) in [6.45, 7) is 0.727. The fourth-order valence-electron chi connectivity index (χ4n) is 2.85. The van der Waals surface area contributed by atoms with Crippen LogP contribution in [0.4, 0.5) is 0 Å². The molecule has 1 aromatic rings.